The van der Waals surface area contributed by atoms with E-state index in [9.17, 15) is 0 Å². The second-order valence-electron chi connectivity index (χ2n) is 2.41. The maximum atomic E-state index is 5.56. The molecule has 0 fully saturated rings. The van der Waals surface area contributed by atoms with Crippen molar-refractivity contribution in [2.75, 3.05) is 0 Å². The summed E-state index contributed by atoms with van der Waals surface area (Å²) in [6.45, 7) is 0.545. The fraction of sp³-hybridized carbons (Fsp3) is 0.125. The van der Waals surface area contributed by atoms with Crippen molar-refractivity contribution in [2.45, 2.75) is 6.54 Å². The second-order valence-corrected chi connectivity index (χ2v) is 5.20. The highest BCUT2D eigenvalue weighted by Gasteiger charge is 2.09. The van der Waals surface area contributed by atoms with E-state index in [2.05, 4.69) is 27.0 Å². The van der Waals surface area contributed by atoms with Crippen molar-refractivity contribution in [2.24, 2.45) is 5.73 Å². The van der Waals surface area contributed by atoms with Gasteiger partial charge in [0.15, 0.2) is 0 Å². The van der Waals surface area contributed by atoms with Crippen LogP contribution in [0.2, 0.25) is 0 Å². The van der Waals surface area contributed by atoms with Crippen LogP contribution in [-0.2, 0) is 6.54 Å². The highest BCUT2D eigenvalue weighted by molar-refractivity contribution is 9.10. The van der Waals surface area contributed by atoms with Gasteiger partial charge in [-0.2, -0.15) is 0 Å². The highest BCUT2D eigenvalue weighted by Crippen LogP contribution is 2.33. The van der Waals surface area contributed by atoms with Crippen LogP contribution in [0.4, 0.5) is 0 Å². The van der Waals surface area contributed by atoms with Gasteiger partial charge in [-0.05, 0) is 27.4 Å². The topological polar surface area (TPSA) is 38.9 Å². The van der Waals surface area contributed by atoms with E-state index in [4.69, 9.17) is 5.73 Å². The number of nitrogens with zero attached hydrogens (tertiary/aromatic N) is 1. The quantitative estimate of drug-likeness (QED) is 0.914. The number of hydrogen-bond donors (Lipinski definition) is 1. The third kappa shape index (κ3) is 1.83. The van der Waals surface area contributed by atoms with Crippen molar-refractivity contribution in [3.8, 4) is 9.88 Å². The third-order valence-electron chi connectivity index (χ3n) is 1.57. The first-order valence-corrected chi connectivity index (χ1v) is 6.19. The number of nitrogens with two attached hydrogens (primary N) is 1. The molecule has 2 aromatic rings. The van der Waals surface area contributed by atoms with Crippen molar-refractivity contribution in [3.05, 3.63) is 27.0 Å². The summed E-state index contributed by atoms with van der Waals surface area (Å²) in [7, 11) is 0. The normalized spacial score (nSPS) is 10.6. The maximum absolute atomic E-state index is 5.56. The molecule has 0 unspecified atom stereocenters. The predicted octanol–water partition coefficient (Wildman–Crippen LogP) is 3.09. The third-order valence-corrected chi connectivity index (χ3v) is 4.60. The number of hydrogen-bond acceptors (Lipinski definition) is 4. The van der Waals surface area contributed by atoms with E-state index < -0.39 is 0 Å². The average Bonchev–Trinajstić information content (AvgIpc) is 2.71. The Morgan fingerprint density at radius 2 is 2.38 bits per heavy atom. The van der Waals surface area contributed by atoms with Crippen LogP contribution in [0.3, 0.4) is 0 Å². The van der Waals surface area contributed by atoms with Crippen LogP contribution in [0.5, 0.6) is 0 Å². The lowest BCUT2D eigenvalue weighted by molar-refractivity contribution is 1.08. The van der Waals surface area contributed by atoms with E-state index >= 15 is 0 Å². The van der Waals surface area contributed by atoms with Crippen LogP contribution >= 0.6 is 38.6 Å². The lowest BCUT2D eigenvalue weighted by Crippen LogP contribution is -1.92. The molecule has 0 aliphatic rings. The van der Waals surface area contributed by atoms with Gasteiger partial charge in [0.1, 0.15) is 9.61 Å². The summed E-state index contributed by atoms with van der Waals surface area (Å²) in [4.78, 5) is 6.69. The van der Waals surface area contributed by atoms with Gasteiger partial charge in [0.2, 0.25) is 0 Å². The minimum Gasteiger partial charge on any atom is -0.326 e. The van der Waals surface area contributed by atoms with Crippen LogP contribution in [-0.4, -0.2) is 4.98 Å². The van der Waals surface area contributed by atoms with Crippen LogP contribution in [0, 0.1) is 0 Å². The highest BCUT2D eigenvalue weighted by atomic mass is 79.9. The van der Waals surface area contributed by atoms with Crippen molar-refractivity contribution in [3.63, 3.8) is 0 Å². The summed E-state index contributed by atoms with van der Waals surface area (Å²) in [6, 6.07) is 4.09. The molecule has 0 bridgehead atoms. The van der Waals surface area contributed by atoms with Crippen LogP contribution in [0.25, 0.3) is 9.88 Å². The van der Waals surface area contributed by atoms with Gasteiger partial charge >= 0.3 is 0 Å². The zero-order chi connectivity index (χ0) is 9.26. The molecule has 0 aliphatic carbocycles. The predicted molar refractivity (Wildman–Crippen MR) is 61.0 cm³/mol. The first-order chi connectivity index (χ1) is 6.31. The Morgan fingerprint density at radius 1 is 1.54 bits per heavy atom. The van der Waals surface area contributed by atoms with Gasteiger partial charge in [0.25, 0.3) is 0 Å². The lowest BCUT2D eigenvalue weighted by Gasteiger charge is -1.85. The van der Waals surface area contributed by atoms with Crippen LogP contribution < -0.4 is 5.73 Å². The van der Waals surface area contributed by atoms with E-state index in [0.29, 0.717) is 6.54 Å². The Balaban J connectivity index is 2.43. The number of rotatable bonds is 2. The largest absolute Gasteiger partial charge is 0.326 e. The maximum Gasteiger partial charge on any atom is 0.135 e. The molecule has 0 aromatic carbocycles. The van der Waals surface area contributed by atoms with E-state index in [1.54, 1.807) is 22.7 Å². The van der Waals surface area contributed by atoms with Crippen LogP contribution in [0.1, 0.15) is 4.88 Å². The van der Waals surface area contributed by atoms with Gasteiger partial charge in [-0.15, -0.1) is 22.7 Å². The molecule has 2 N–H and O–H groups in total. The second kappa shape index (κ2) is 3.88. The molecule has 13 heavy (non-hydrogen) atoms. The Labute approximate surface area is 92.6 Å². The molecule has 68 valence electrons. The molecule has 0 aliphatic heterocycles. The Hall–Kier alpha value is -0.230. The lowest BCUT2D eigenvalue weighted by atomic mass is 10.5. The molecule has 0 saturated heterocycles. The molecular formula is C8H7BrN2S2. The summed E-state index contributed by atoms with van der Waals surface area (Å²) in [5.41, 5.74) is 5.56. The molecule has 0 saturated carbocycles. The fourth-order valence-electron chi connectivity index (χ4n) is 0.965. The molecule has 2 nitrogen and oxygen atoms in total. The SMILES string of the molecule is NCc1sc(-c2cccs2)nc1Br. The van der Waals surface area contributed by atoms with Gasteiger partial charge in [0, 0.05) is 6.54 Å². The van der Waals surface area contributed by atoms with Gasteiger partial charge in [-0.3, -0.25) is 0 Å². The Bertz CT molecular complexity index is 394. The average molecular weight is 275 g/mol. The molecule has 0 atom stereocenters. The number of thiazole rings is 1. The van der Waals surface area contributed by atoms with E-state index in [-0.39, 0.29) is 0 Å². The zero-order valence-electron chi connectivity index (χ0n) is 6.66. The Kier molecular flexibility index (Phi) is 2.78. The minimum atomic E-state index is 0.545. The molecule has 0 radical (unpaired) electrons. The molecule has 0 amide bonds. The molecule has 2 heterocycles. The van der Waals surface area contributed by atoms with Crippen LogP contribution in [0.15, 0.2) is 22.1 Å². The molecular weight excluding hydrogens is 268 g/mol. The zero-order valence-corrected chi connectivity index (χ0v) is 9.88. The smallest absolute Gasteiger partial charge is 0.135 e. The summed E-state index contributed by atoms with van der Waals surface area (Å²) >= 11 is 6.73. The van der Waals surface area contributed by atoms with E-state index in [0.717, 1.165) is 14.5 Å². The first kappa shape index (κ1) is 9.33. The van der Waals surface area contributed by atoms with Gasteiger partial charge in [-0.25, -0.2) is 4.98 Å². The number of thiophene rings is 1. The van der Waals surface area contributed by atoms with Crippen molar-refractivity contribution >= 4 is 38.6 Å². The van der Waals surface area contributed by atoms with E-state index in [1.165, 1.54) is 4.88 Å². The summed E-state index contributed by atoms with van der Waals surface area (Å²) in [5, 5.41) is 3.09. The summed E-state index contributed by atoms with van der Waals surface area (Å²) in [5.74, 6) is 0. The van der Waals surface area contributed by atoms with Gasteiger partial charge in [0.05, 0.1) is 9.75 Å². The first-order valence-electron chi connectivity index (χ1n) is 3.70. The van der Waals surface area contributed by atoms with Gasteiger partial charge in [-0.1, -0.05) is 6.07 Å². The number of aromatic nitrogens is 1. The molecule has 2 aromatic heterocycles. The summed E-state index contributed by atoms with van der Waals surface area (Å²) < 4.78 is 0.878. The fourth-order valence-corrected chi connectivity index (χ4v) is 3.29. The van der Waals surface area contributed by atoms with Crippen molar-refractivity contribution < 1.29 is 0 Å². The standard InChI is InChI=1S/C8H7BrN2S2/c9-7-6(4-10)13-8(11-7)5-2-1-3-12-5/h1-3H,4,10H2. The molecule has 5 heteroatoms. The Morgan fingerprint density at radius 3 is 2.92 bits per heavy atom. The van der Waals surface area contributed by atoms with E-state index in [1.807, 2.05) is 11.4 Å². The molecule has 0 spiro atoms. The van der Waals surface area contributed by atoms with Crippen molar-refractivity contribution in [1.29, 1.82) is 0 Å². The van der Waals surface area contributed by atoms with Crippen molar-refractivity contribution in [1.82, 2.24) is 4.98 Å². The summed E-state index contributed by atoms with van der Waals surface area (Å²) in [6.07, 6.45) is 0. The monoisotopic (exact) mass is 274 g/mol. The number of halogens is 1. The van der Waals surface area contributed by atoms with Gasteiger partial charge < -0.3 is 5.73 Å². The molecule has 2 rings (SSSR count). The minimum absolute atomic E-state index is 0.545.